The summed E-state index contributed by atoms with van der Waals surface area (Å²) in [7, 11) is 0. The van der Waals surface area contributed by atoms with E-state index in [4.69, 9.17) is 16.6 Å². The number of aromatic nitrogens is 1. The van der Waals surface area contributed by atoms with Crippen molar-refractivity contribution < 1.29 is 4.79 Å². The Labute approximate surface area is 198 Å². The first-order valence-electron chi connectivity index (χ1n) is 10.0. The highest BCUT2D eigenvalue weighted by molar-refractivity contribution is 7.23. The lowest BCUT2D eigenvalue weighted by Crippen LogP contribution is -2.54. The summed E-state index contributed by atoms with van der Waals surface area (Å²) < 4.78 is 1.75. The smallest absolute Gasteiger partial charge is 0.266 e. The van der Waals surface area contributed by atoms with Gasteiger partial charge in [-0.25, -0.2) is 4.98 Å². The van der Waals surface area contributed by atoms with Crippen molar-refractivity contribution in [3.8, 4) is 10.6 Å². The first kappa shape index (κ1) is 21.1. The number of carbonyl (C=O) groups excluding carboxylic acids is 1. The first-order chi connectivity index (χ1) is 14.6. The van der Waals surface area contributed by atoms with Gasteiger partial charge in [-0.15, -0.1) is 34.0 Å². The van der Waals surface area contributed by atoms with E-state index in [-0.39, 0.29) is 17.0 Å². The van der Waals surface area contributed by atoms with Gasteiger partial charge in [0.1, 0.15) is 10.0 Å². The molecular weight excluding hydrogens is 466 g/mol. The number of hydrogen-bond donors (Lipinski definition) is 2. The van der Waals surface area contributed by atoms with E-state index in [1.807, 2.05) is 18.2 Å². The van der Waals surface area contributed by atoms with E-state index >= 15 is 0 Å². The van der Waals surface area contributed by atoms with Gasteiger partial charge in [-0.1, -0.05) is 23.7 Å². The highest BCUT2D eigenvalue weighted by Crippen LogP contribution is 2.50. The van der Waals surface area contributed by atoms with E-state index in [9.17, 15) is 4.79 Å². The third-order valence-corrected chi connectivity index (χ3v) is 9.13. The van der Waals surface area contributed by atoms with Gasteiger partial charge >= 0.3 is 0 Å². The number of hydrogen-bond acceptors (Lipinski definition) is 6. The fourth-order valence-electron chi connectivity index (χ4n) is 4.42. The summed E-state index contributed by atoms with van der Waals surface area (Å²) in [6.07, 6.45) is 0.869. The minimum atomic E-state index is -0.206. The Morgan fingerprint density at radius 2 is 1.87 bits per heavy atom. The van der Waals surface area contributed by atoms with Gasteiger partial charge in [0.25, 0.3) is 5.91 Å². The van der Waals surface area contributed by atoms with Gasteiger partial charge in [0.05, 0.1) is 19.4 Å². The van der Waals surface area contributed by atoms with Crippen LogP contribution in [0.5, 0.6) is 0 Å². The molecule has 4 heterocycles. The molecule has 1 aliphatic rings. The van der Waals surface area contributed by atoms with E-state index < -0.39 is 0 Å². The minimum Gasteiger partial charge on any atom is -0.312 e. The Morgan fingerprint density at radius 1 is 1.10 bits per heavy atom. The number of carbonyl (C=O) groups is 1. The molecule has 2 N–H and O–H groups in total. The lowest BCUT2D eigenvalue weighted by atomic mass is 9.81. The van der Waals surface area contributed by atoms with Gasteiger partial charge in [0.15, 0.2) is 0 Å². The van der Waals surface area contributed by atoms with E-state index in [2.05, 4.69) is 44.4 Å². The first-order valence-corrected chi connectivity index (χ1v) is 12.8. The van der Waals surface area contributed by atoms with Crippen molar-refractivity contribution in [2.75, 3.05) is 5.32 Å². The van der Waals surface area contributed by atoms with Crippen LogP contribution >= 0.6 is 45.6 Å². The van der Waals surface area contributed by atoms with E-state index in [0.717, 1.165) is 32.2 Å². The molecule has 8 heteroatoms. The molecule has 0 fully saturated rings. The van der Waals surface area contributed by atoms with Gasteiger partial charge in [-0.05, 0) is 63.9 Å². The van der Waals surface area contributed by atoms with Gasteiger partial charge in [0, 0.05) is 21.5 Å². The van der Waals surface area contributed by atoms with Crippen molar-refractivity contribution in [1.82, 2.24) is 10.3 Å². The predicted molar refractivity (Wildman–Crippen MR) is 134 cm³/mol. The molecule has 160 valence electrons. The van der Waals surface area contributed by atoms with Gasteiger partial charge in [-0.2, -0.15) is 0 Å². The number of halogens is 1. The second-order valence-corrected chi connectivity index (χ2v) is 12.7. The SMILES string of the molecule is CC1(C)Cc2c(sc(NC(=O)c3ccc(Cl)s3)c2-c2nc3ccccc3s2)C(C)(C)N1. The molecule has 0 atom stereocenters. The number of rotatable bonds is 3. The fourth-order valence-corrected chi connectivity index (χ4v) is 7.74. The van der Waals surface area contributed by atoms with E-state index in [0.29, 0.717) is 9.21 Å². The third-order valence-electron chi connectivity index (χ3n) is 5.38. The molecule has 4 nitrogen and oxygen atoms in total. The minimum absolute atomic E-state index is 0.0639. The molecule has 0 spiro atoms. The zero-order chi connectivity index (χ0) is 22.0. The summed E-state index contributed by atoms with van der Waals surface area (Å²) in [5.74, 6) is -0.136. The number of amides is 1. The molecule has 0 bridgehead atoms. The molecule has 0 unspecified atom stereocenters. The summed E-state index contributed by atoms with van der Waals surface area (Å²) in [4.78, 5) is 19.8. The zero-order valence-corrected chi connectivity index (χ0v) is 20.8. The van der Waals surface area contributed by atoms with Crippen molar-refractivity contribution in [3.63, 3.8) is 0 Å². The Balaban J connectivity index is 1.68. The molecule has 3 aromatic heterocycles. The van der Waals surface area contributed by atoms with Crippen molar-refractivity contribution in [2.45, 2.75) is 45.2 Å². The van der Waals surface area contributed by atoms with Crippen LogP contribution in [0.15, 0.2) is 36.4 Å². The van der Waals surface area contributed by atoms with Crippen LogP contribution in [0.3, 0.4) is 0 Å². The summed E-state index contributed by atoms with van der Waals surface area (Å²) in [5, 5.41) is 8.74. The number of anilines is 1. The molecule has 1 amide bonds. The van der Waals surface area contributed by atoms with Crippen LogP contribution in [0, 0.1) is 0 Å². The molecule has 5 rings (SSSR count). The third kappa shape index (κ3) is 3.83. The van der Waals surface area contributed by atoms with Crippen LogP contribution in [0.1, 0.15) is 47.8 Å². The Kier molecular flexibility index (Phi) is 5.03. The maximum absolute atomic E-state index is 13.0. The lowest BCUT2D eigenvalue weighted by molar-refractivity contribution is 0.103. The van der Waals surface area contributed by atoms with Crippen molar-refractivity contribution in [1.29, 1.82) is 0 Å². The van der Waals surface area contributed by atoms with Crippen LogP contribution in [0.4, 0.5) is 5.00 Å². The van der Waals surface area contributed by atoms with Gasteiger partial charge in [0.2, 0.25) is 0 Å². The lowest BCUT2D eigenvalue weighted by Gasteiger charge is -2.42. The Hall–Kier alpha value is -1.77. The van der Waals surface area contributed by atoms with Crippen LogP contribution < -0.4 is 10.6 Å². The molecular formula is C23H22ClN3OS3. The largest absolute Gasteiger partial charge is 0.312 e. The average molecular weight is 488 g/mol. The normalized spacial score (nSPS) is 16.9. The number of fused-ring (bicyclic) bond motifs is 2. The van der Waals surface area contributed by atoms with E-state index in [1.54, 1.807) is 34.8 Å². The van der Waals surface area contributed by atoms with Crippen molar-refractivity contribution >= 4 is 66.7 Å². The van der Waals surface area contributed by atoms with Crippen molar-refractivity contribution in [3.05, 3.63) is 56.1 Å². The average Bonchev–Trinajstić information content (AvgIpc) is 3.36. The van der Waals surface area contributed by atoms with Crippen LogP contribution in [0.2, 0.25) is 4.34 Å². The molecule has 0 radical (unpaired) electrons. The predicted octanol–water partition coefficient (Wildman–Crippen LogP) is 7.15. The molecule has 1 aromatic carbocycles. The highest BCUT2D eigenvalue weighted by atomic mass is 35.5. The van der Waals surface area contributed by atoms with Crippen LogP contribution in [0.25, 0.3) is 20.8 Å². The molecule has 0 aliphatic carbocycles. The number of thiophene rings is 2. The van der Waals surface area contributed by atoms with Crippen LogP contribution in [-0.2, 0) is 12.0 Å². The Morgan fingerprint density at radius 3 is 2.58 bits per heavy atom. The topological polar surface area (TPSA) is 54.0 Å². The number of nitrogens with zero attached hydrogens (tertiary/aromatic N) is 1. The Bertz CT molecular complexity index is 1280. The van der Waals surface area contributed by atoms with E-state index in [1.165, 1.54) is 21.8 Å². The maximum Gasteiger partial charge on any atom is 0.266 e. The highest BCUT2D eigenvalue weighted by Gasteiger charge is 2.41. The summed E-state index contributed by atoms with van der Waals surface area (Å²) in [5.41, 5.74) is 3.04. The van der Waals surface area contributed by atoms with Crippen LogP contribution in [-0.4, -0.2) is 16.4 Å². The number of thiazole rings is 1. The monoisotopic (exact) mass is 487 g/mol. The second-order valence-electron chi connectivity index (χ2n) is 8.97. The summed E-state index contributed by atoms with van der Waals surface area (Å²) in [6.45, 7) is 8.86. The maximum atomic E-state index is 13.0. The second kappa shape index (κ2) is 7.39. The van der Waals surface area contributed by atoms with Gasteiger partial charge in [-0.3, -0.25) is 4.79 Å². The molecule has 4 aromatic rings. The van der Waals surface area contributed by atoms with Crippen molar-refractivity contribution in [2.24, 2.45) is 0 Å². The fraction of sp³-hybridized carbons (Fsp3) is 0.304. The molecule has 0 saturated carbocycles. The zero-order valence-electron chi connectivity index (χ0n) is 17.6. The number of nitrogens with one attached hydrogen (secondary N) is 2. The standard InChI is InChI=1S/C23H22ClN3OS3/c1-22(2)11-12-17(20-25-13-7-5-6-8-14(13)30-20)21(31-18(12)23(3,4)27-22)26-19(28)15-9-10-16(24)29-15/h5-10,27H,11H2,1-4H3,(H,26,28). The summed E-state index contributed by atoms with van der Waals surface area (Å²) >= 11 is 10.7. The quantitative estimate of drug-likeness (QED) is 0.322. The molecule has 0 saturated heterocycles. The molecule has 31 heavy (non-hydrogen) atoms. The molecule has 1 aliphatic heterocycles. The number of para-hydroxylation sites is 1. The van der Waals surface area contributed by atoms with Gasteiger partial charge < -0.3 is 10.6 Å². The summed E-state index contributed by atoms with van der Waals surface area (Å²) in [6, 6.07) is 11.7. The number of benzene rings is 1.